The number of hydrogen-bond acceptors (Lipinski definition) is 4. The molecule has 1 aliphatic rings. The van der Waals surface area contributed by atoms with Gasteiger partial charge < -0.3 is 5.11 Å². The molecule has 0 aliphatic heterocycles. The number of benzene rings is 1. The molecule has 106 valence electrons. The lowest BCUT2D eigenvalue weighted by atomic mass is 10.0. The first kappa shape index (κ1) is 14.8. The monoisotopic (exact) mass is 313 g/mol. The average molecular weight is 314 g/mol. The second kappa shape index (κ2) is 4.76. The van der Waals surface area contributed by atoms with Crippen molar-refractivity contribution in [3.8, 4) is 6.07 Å². The number of hydrogen-bond donors (Lipinski definition) is 1. The molecular formula is C13H12ClNO4S. The molecule has 20 heavy (non-hydrogen) atoms. The summed E-state index contributed by atoms with van der Waals surface area (Å²) in [5, 5.41) is 17.7. The van der Waals surface area contributed by atoms with Crippen LogP contribution in [0.15, 0.2) is 24.3 Å². The van der Waals surface area contributed by atoms with E-state index in [1.165, 1.54) is 13.0 Å². The van der Waals surface area contributed by atoms with Gasteiger partial charge in [-0.3, -0.25) is 4.79 Å². The van der Waals surface area contributed by atoms with Crippen molar-refractivity contribution in [1.29, 1.82) is 5.26 Å². The van der Waals surface area contributed by atoms with E-state index in [0.717, 1.165) is 0 Å². The van der Waals surface area contributed by atoms with E-state index in [9.17, 15) is 23.6 Å². The topological polar surface area (TPSA) is 95.2 Å². The molecule has 0 spiro atoms. The van der Waals surface area contributed by atoms with Crippen LogP contribution in [0.2, 0.25) is 5.02 Å². The zero-order valence-electron chi connectivity index (χ0n) is 10.6. The molecule has 1 aliphatic carbocycles. The van der Waals surface area contributed by atoms with Crippen molar-refractivity contribution in [3.63, 3.8) is 0 Å². The normalized spacial score (nSPS) is 28.6. The highest BCUT2D eigenvalue weighted by Crippen LogP contribution is 2.63. The van der Waals surface area contributed by atoms with Gasteiger partial charge >= 0.3 is 5.97 Å². The molecule has 0 saturated heterocycles. The Morgan fingerprint density at radius 2 is 2.20 bits per heavy atom. The standard InChI is InChI=1S/C13H12ClNO4S/c1-2-20(18,19)11-10(13(11,7-15)12(16)17)8-4-3-5-9(14)6-8/h3-6,10-11H,2H2,1H3,(H,16,17)/t10-,11-,13-/m1/s1. The van der Waals surface area contributed by atoms with E-state index in [0.29, 0.717) is 10.6 Å². The Morgan fingerprint density at radius 3 is 2.65 bits per heavy atom. The van der Waals surface area contributed by atoms with Crippen LogP contribution in [-0.2, 0) is 14.6 Å². The molecule has 2 rings (SSSR count). The second-order valence-corrected chi connectivity index (χ2v) is 7.54. The van der Waals surface area contributed by atoms with Crippen molar-refractivity contribution in [1.82, 2.24) is 0 Å². The third-order valence-corrected chi connectivity index (χ3v) is 6.13. The average Bonchev–Trinajstić information content (AvgIpc) is 3.10. The van der Waals surface area contributed by atoms with Gasteiger partial charge in [0.15, 0.2) is 15.3 Å². The lowest BCUT2D eigenvalue weighted by Gasteiger charge is -2.02. The number of nitrogens with zero attached hydrogens (tertiary/aromatic N) is 1. The second-order valence-electron chi connectivity index (χ2n) is 4.69. The summed E-state index contributed by atoms with van der Waals surface area (Å²) in [4.78, 5) is 11.4. The highest BCUT2D eigenvalue weighted by molar-refractivity contribution is 7.92. The van der Waals surface area contributed by atoms with Gasteiger partial charge in [-0.2, -0.15) is 5.26 Å². The Kier molecular flexibility index (Phi) is 3.53. The molecule has 0 aromatic heterocycles. The summed E-state index contributed by atoms with van der Waals surface area (Å²) in [5.41, 5.74) is -1.46. The van der Waals surface area contributed by atoms with E-state index in [-0.39, 0.29) is 5.75 Å². The minimum absolute atomic E-state index is 0.203. The van der Waals surface area contributed by atoms with Crippen molar-refractivity contribution in [3.05, 3.63) is 34.9 Å². The number of carboxylic acids is 1. The molecule has 0 radical (unpaired) electrons. The molecule has 3 atom stereocenters. The largest absolute Gasteiger partial charge is 0.480 e. The van der Waals surface area contributed by atoms with Crippen molar-refractivity contribution in [2.24, 2.45) is 5.41 Å². The summed E-state index contributed by atoms with van der Waals surface area (Å²) in [7, 11) is -3.65. The first-order valence-corrected chi connectivity index (χ1v) is 8.02. The SMILES string of the molecule is CCS(=O)(=O)[C@@H]1[C@@H](c2cccc(Cl)c2)[C@@]1(C#N)C(=O)O. The first-order valence-electron chi connectivity index (χ1n) is 5.93. The Labute approximate surface area is 121 Å². The number of rotatable bonds is 4. The van der Waals surface area contributed by atoms with E-state index in [4.69, 9.17) is 11.6 Å². The Morgan fingerprint density at radius 1 is 1.55 bits per heavy atom. The minimum atomic E-state index is -3.65. The molecule has 5 nitrogen and oxygen atoms in total. The van der Waals surface area contributed by atoms with E-state index < -0.39 is 32.4 Å². The lowest BCUT2D eigenvalue weighted by molar-refractivity contribution is -0.141. The minimum Gasteiger partial charge on any atom is -0.480 e. The van der Waals surface area contributed by atoms with Gasteiger partial charge in [0.1, 0.15) is 5.25 Å². The van der Waals surface area contributed by atoms with Crippen LogP contribution in [0.3, 0.4) is 0 Å². The molecule has 7 heteroatoms. The van der Waals surface area contributed by atoms with Gasteiger partial charge in [0.25, 0.3) is 0 Å². The van der Waals surface area contributed by atoms with Crippen molar-refractivity contribution < 1.29 is 18.3 Å². The van der Waals surface area contributed by atoms with Crippen LogP contribution in [0, 0.1) is 16.7 Å². The van der Waals surface area contributed by atoms with E-state index in [1.54, 1.807) is 24.3 Å². The molecule has 0 heterocycles. The number of carbonyl (C=O) groups is 1. The summed E-state index contributed by atoms with van der Waals surface area (Å²) in [5.74, 6) is -2.49. The lowest BCUT2D eigenvalue weighted by Crippen LogP contribution is -2.23. The predicted molar refractivity (Wildman–Crippen MR) is 73.1 cm³/mol. The number of nitriles is 1. The van der Waals surface area contributed by atoms with Crippen LogP contribution < -0.4 is 0 Å². The molecule has 0 amide bonds. The van der Waals surface area contributed by atoms with Gasteiger partial charge in [-0.05, 0) is 17.7 Å². The van der Waals surface area contributed by atoms with Crippen molar-refractivity contribution >= 4 is 27.4 Å². The molecule has 1 saturated carbocycles. The molecule has 1 aromatic rings. The van der Waals surface area contributed by atoms with Crippen LogP contribution in [0.4, 0.5) is 0 Å². The first-order chi connectivity index (χ1) is 9.31. The number of halogens is 1. The van der Waals surface area contributed by atoms with Gasteiger partial charge in [-0.25, -0.2) is 8.42 Å². The fourth-order valence-electron chi connectivity index (χ4n) is 2.60. The third kappa shape index (κ3) is 1.98. The number of aliphatic carboxylic acids is 1. The van der Waals surface area contributed by atoms with Crippen LogP contribution in [0.5, 0.6) is 0 Å². The van der Waals surface area contributed by atoms with Gasteiger partial charge in [0, 0.05) is 16.7 Å². The van der Waals surface area contributed by atoms with Gasteiger partial charge in [0.2, 0.25) is 0 Å². The van der Waals surface area contributed by atoms with Gasteiger partial charge in [0.05, 0.1) is 6.07 Å². The maximum Gasteiger partial charge on any atom is 0.326 e. The van der Waals surface area contributed by atoms with E-state index in [1.807, 2.05) is 0 Å². The van der Waals surface area contributed by atoms with E-state index in [2.05, 4.69) is 0 Å². The Balaban J connectivity index is 2.58. The van der Waals surface area contributed by atoms with Gasteiger partial charge in [-0.1, -0.05) is 30.7 Å². The Hall–Kier alpha value is -1.58. The zero-order valence-corrected chi connectivity index (χ0v) is 12.1. The fraction of sp³-hybridized carbons (Fsp3) is 0.385. The predicted octanol–water partition coefficient (Wildman–Crippen LogP) is 1.84. The molecule has 0 bridgehead atoms. The molecule has 1 aromatic carbocycles. The summed E-state index contributed by atoms with van der Waals surface area (Å²) >= 11 is 5.85. The highest BCUT2D eigenvalue weighted by atomic mass is 35.5. The van der Waals surface area contributed by atoms with E-state index >= 15 is 0 Å². The summed E-state index contributed by atoms with van der Waals surface area (Å²) in [6.45, 7) is 1.44. The smallest absolute Gasteiger partial charge is 0.326 e. The summed E-state index contributed by atoms with van der Waals surface area (Å²) < 4.78 is 24.1. The fourth-order valence-corrected chi connectivity index (χ4v) is 4.73. The number of sulfone groups is 1. The molecule has 1 fully saturated rings. The quantitative estimate of drug-likeness (QED) is 0.915. The molecule has 0 unspecified atom stereocenters. The summed E-state index contributed by atoms with van der Waals surface area (Å²) in [6, 6.07) is 8.00. The number of carboxylic acid groups (broad SMARTS) is 1. The van der Waals surface area contributed by atoms with Crippen molar-refractivity contribution in [2.45, 2.75) is 18.1 Å². The van der Waals surface area contributed by atoms with Crippen molar-refractivity contribution in [2.75, 3.05) is 5.75 Å². The van der Waals surface area contributed by atoms with Crippen LogP contribution in [-0.4, -0.2) is 30.5 Å². The van der Waals surface area contributed by atoms with Crippen LogP contribution in [0.25, 0.3) is 0 Å². The van der Waals surface area contributed by atoms with Crippen LogP contribution in [0.1, 0.15) is 18.4 Å². The summed E-state index contributed by atoms with van der Waals surface area (Å²) in [6.07, 6.45) is 0. The maximum atomic E-state index is 12.1. The maximum absolute atomic E-state index is 12.1. The third-order valence-electron chi connectivity index (χ3n) is 3.67. The van der Waals surface area contributed by atoms with Gasteiger partial charge in [-0.15, -0.1) is 0 Å². The van der Waals surface area contributed by atoms with Crippen LogP contribution >= 0.6 is 11.6 Å². The molecular weight excluding hydrogens is 302 g/mol. The molecule has 1 N–H and O–H groups in total. The Bertz CT molecular complexity index is 709. The zero-order chi connectivity index (χ0) is 15.1. The highest BCUT2D eigenvalue weighted by Gasteiger charge is 2.76.